The maximum absolute atomic E-state index is 12.5. The largest absolute Gasteiger partial charge is 0.497 e. The Bertz CT molecular complexity index is 592. The molecule has 1 fully saturated rings. The number of benzene rings is 1. The molecule has 1 atom stereocenters. The van der Waals surface area contributed by atoms with E-state index in [1.165, 1.54) is 0 Å². The first-order chi connectivity index (χ1) is 12.1. The van der Waals surface area contributed by atoms with Gasteiger partial charge in [0, 0.05) is 31.7 Å². The van der Waals surface area contributed by atoms with E-state index < -0.39 is 6.10 Å². The molecule has 136 valence electrons. The maximum atomic E-state index is 12.5. The fourth-order valence-electron chi connectivity index (χ4n) is 2.70. The first kappa shape index (κ1) is 19.0. The molecule has 0 saturated carbocycles. The van der Waals surface area contributed by atoms with Crippen molar-refractivity contribution in [1.29, 1.82) is 0 Å². The number of piperazine rings is 1. The molecule has 0 aliphatic carbocycles. The van der Waals surface area contributed by atoms with Gasteiger partial charge in [0.05, 0.1) is 13.7 Å². The van der Waals surface area contributed by atoms with Crippen LogP contribution < -0.4 is 4.74 Å². The average Bonchev–Trinajstić information content (AvgIpc) is 2.67. The number of carbonyl (C=O) groups is 2. The topological polar surface area (TPSA) is 59.1 Å². The van der Waals surface area contributed by atoms with E-state index in [2.05, 4.69) is 6.58 Å². The molecule has 0 N–H and O–H groups in total. The second-order valence-corrected chi connectivity index (χ2v) is 5.94. The first-order valence-electron chi connectivity index (χ1n) is 8.51. The summed E-state index contributed by atoms with van der Waals surface area (Å²) in [5.41, 5.74) is 0.627. The molecule has 0 radical (unpaired) electrons. The zero-order valence-electron chi connectivity index (χ0n) is 14.9. The minimum atomic E-state index is -0.469. The highest BCUT2D eigenvalue weighted by atomic mass is 16.5. The highest BCUT2D eigenvalue weighted by Crippen LogP contribution is 2.15. The number of methoxy groups -OCH3 is 1. The van der Waals surface area contributed by atoms with Crippen molar-refractivity contribution < 1.29 is 19.1 Å². The van der Waals surface area contributed by atoms with Gasteiger partial charge >= 0.3 is 0 Å². The van der Waals surface area contributed by atoms with Crippen LogP contribution in [0.25, 0.3) is 0 Å². The lowest BCUT2D eigenvalue weighted by Crippen LogP contribution is -2.52. The van der Waals surface area contributed by atoms with E-state index in [-0.39, 0.29) is 11.8 Å². The minimum absolute atomic E-state index is 0.0231. The van der Waals surface area contributed by atoms with E-state index in [1.807, 2.05) is 0 Å². The van der Waals surface area contributed by atoms with E-state index in [4.69, 9.17) is 9.47 Å². The van der Waals surface area contributed by atoms with Crippen LogP contribution in [-0.4, -0.2) is 67.6 Å². The number of nitrogens with zero attached hydrogens (tertiary/aromatic N) is 2. The third-order valence-corrected chi connectivity index (χ3v) is 4.25. The van der Waals surface area contributed by atoms with Gasteiger partial charge in [-0.15, -0.1) is 6.58 Å². The molecule has 0 spiro atoms. The van der Waals surface area contributed by atoms with E-state index in [0.29, 0.717) is 38.3 Å². The summed E-state index contributed by atoms with van der Waals surface area (Å²) < 4.78 is 10.6. The van der Waals surface area contributed by atoms with E-state index >= 15 is 0 Å². The number of hydrogen-bond donors (Lipinski definition) is 0. The quantitative estimate of drug-likeness (QED) is 0.559. The van der Waals surface area contributed by atoms with Gasteiger partial charge in [-0.1, -0.05) is 6.08 Å². The Kier molecular flexibility index (Phi) is 7.01. The van der Waals surface area contributed by atoms with Gasteiger partial charge in [-0.2, -0.15) is 0 Å². The molecule has 1 aromatic carbocycles. The first-order valence-corrected chi connectivity index (χ1v) is 8.51. The number of carbonyl (C=O) groups excluding carboxylic acids is 2. The van der Waals surface area contributed by atoms with E-state index in [0.717, 1.165) is 12.2 Å². The summed E-state index contributed by atoms with van der Waals surface area (Å²) in [6, 6.07) is 7.06. The second-order valence-electron chi connectivity index (χ2n) is 5.94. The summed E-state index contributed by atoms with van der Waals surface area (Å²) >= 11 is 0. The average molecular weight is 346 g/mol. The van der Waals surface area contributed by atoms with Gasteiger partial charge in [-0.3, -0.25) is 9.59 Å². The third kappa shape index (κ3) is 5.06. The van der Waals surface area contributed by atoms with Gasteiger partial charge in [-0.25, -0.2) is 0 Å². The van der Waals surface area contributed by atoms with Gasteiger partial charge in [-0.05, 0) is 37.6 Å². The van der Waals surface area contributed by atoms with Crippen molar-refractivity contribution in [1.82, 2.24) is 9.80 Å². The summed E-state index contributed by atoms with van der Waals surface area (Å²) in [6.45, 7) is 7.98. The Balaban J connectivity index is 1.84. The lowest BCUT2D eigenvalue weighted by atomic mass is 10.1. The maximum Gasteiger partial charge on any atom is 0.253 e. The predicted octanol–water partition coefficient (Wildman–Crippen LogP) is 1.96. The van der Waals surface area contributed by atoms with Crippen molar-refractivity contribution in [2.24, 2.45) is 0 Å². The molecular formula is C19H26N2O4. The van der Waals surface area contributed by atoms with E-state index in [9.17, 15) is 9.59 Å². The summed E-state index contributed by atoms with van der Waals surface area (Å²) in [6.07, 6.45) is 2.02. The molecular weight excluding hydrogens is 320 g/mol. The van der Waals surface area contributed by atoms with Crippen molar-refractivity contribution in [2.45, 2.75) is 19.4 Å². The molecule has 2 amide bonds. The second kappa shape index (κ2) is 9.22. The van der Waals surface area contributed by atoms with Gasteiger partial charge < -0.3 is 19.3 Å². The van der Waals surface area contributed by atoms with Crippen LogP contribution in [-0.2, 0) is 9.53 Å². The molecule has 6 heteroatoms. The van der Waals surface area contributed by atoms with Crippen molar-refractivity contribution in [3.63, 3.8) is 0 Å². The number of hydrogen-bond acceptors (Lipinski definition) is 4. The number of ether oxygens (including phenoxy) is 2. The predicted molar refractivity (Wildman–Crippen MR) is 95.7 cm³/mol. The molecule has 1 saturated heterocycles. The van der Waals surface area contributed by atoms with Crippen LogP contribution in [0.2, 0.25) is 0 Å². The van der Waals surface area contributed by atoms with Crippen molar-refractivity contribution >= 4 is 11.8 Å². The molecule has 1 aliphatic heterocycles. The molecule has 0 aromatic heterocycles. The standard InChI is InChI=1S/C19H26N2O4/c1-4-5-14-25-15(2)18(22)20-10-12-21(13-11-20)19(23)16-6-8-17(24-3)9-7-16/h4,6-9,15H,1,5,10-14H2,2-3H3. The van der Waals surface area contributed by atoms with Gasteiger partial charge in [0.1, 0.15) is 11.9 Å². The highest BCUT2D eigenvalue weighted by Gasteiger charge is 2.27. The molecule has 1 unspecified atom stereocenters. The lowest BCUT2D eigenvalue weighted by molar-refractivity contribution is -0.144. The van der Waals surface area contributed by atoms with Crippen molar-refractivity contribution in [3.8, 4) is 5.75 Å². The van der Waals surface area contributed by atoms with Crippen LogP contribution in [0.4, 0.5) is 0 Å². The third-order valence-electron chi connectivity index (χ3n) is 4.25. The van der Waals surface area contributed by atoms with Crippen LogP contribution in [0.1, 0.15) is 23.7 Å². The fourth-order valence-corrected chi connectivity index (χ4v) is 2.70. The SMILES string of the molecule is C=CCCOC(C)C(=O)N1CCN(C(=O)c2ccc(OC)cc2)CC1. The number of rotatable bonds is 7. The molecule has 1 aromatic rings. The molecule has 2 rings (SSSR count). The van der Waals surface area contributed by atoms with Crippen LogP contribution >= 0.6 is 0 Å². The lowest BCUT2D eigenvalue weighted by Gasteiger charge is -2.36. The fraction of sp³-hybridized carbons (Fsp3) is 0.474. The molecule has 1 aliphatic rings. The minimum Gasteiger partial charge on any atom is -0.497 e. The Morgan fingerprint density at radius 1 is 1.16 bits per heavy atom. The van der Waals surface area contributed by atoms with Crippen molar-refractivity contribution in [2.75, 3.05) is 39.9 Å². The highest BCUT2D eigenvalue weighted by molar-refractivity contribution is 5.94. The summed E-state index contributed by atoms with van der Waals surface area (Å²) in [7, 11) is 1.59. The summed E-state index contributed by atoms with van der Waals surface area (Å²) in [5, 5.41) is 0. The van der Waals surface area contributed by atoms with E-state index in [1.54, 1.807) is 54.2 Å². The summed E-state index contributed by atoms with van der Waals surface area (Å²) in [5.74, 6) is 0.669. The van der Waals surface area contributed by atoms with Crippen LogP contribution in [0.5, 0.6) is 5.75 Å². The van der Waals surface area contributed by atoms with Gasteiger partial charge in [0.25, 0.3) is 11.8 Å². The van der Waals surface area contributed by atoms with Gasteiger partial charge in [0.15, 0.2) is 0 Å². The Hall–Kier alpha value is -2.34. The van der Waals surface area contributed by atoms with Crippen LogP contribution in [0.3, 0.4) is 0 Å². The molecule has 25 heavy (non-hydrogen) atoms. The monoisotopic (exact) mass is 346 g/mol. The molecule has 6 nitrogen and oxygen atoms in total. The Labute approximate surface area is 149 Å². The Morgan fingerprint density at radius 2 is 1.76 bits per heavy atom. The smallest absolute Gasteiger partial charge is 0.253 e. The molecule has 1 heterocycles. The van der Waals surface area contributed by atoms with Gasteiger partial charge in [0.2, 0.25) is 0 Å². The molecule has 0 bridgehead atoms. The zero-order valence-corrected chi connectivity index (χ0v) is 14.9. The van der Waals surface area contributed by atoms with Crippen LogP contribution in [0, 0.1) is 0 Å². The number of amides is 2. The Morgan fingerprint density at radius 3 is 2.32 bits per heavy atom. The zero-order chi connectivity index (χ0) is 18.2. The normalized spacial score (nSPS) is 15.6. The van der Waals surface area contributed by atoms with Crippen molar-refractivity contribution in [3.05, 3.63) is 42.5 Å². The van der Waals surface area contributed by atoms with Crippen LogP contribution in [0.15, 0.2) is 36.9 Å². The summed E-state index contributed by atoms with van der Waals surface area (Å²) in [4.78, 5) is 28.4.